The summed E-state index contributed by atoms with van der Waals surface area (Å²) < 4.78 is 11.5. The van der Waals surface area contributed by atoms with Gasteiger partial charge in [-0.3, -0.25) is 9.59 Å². The molecule has 1 saturated carbocycles. The van der Waals surface area contributed by atoms with E-state index in [1.54, 1.807) is 42.5 Å². The molecular formula is C25H21ClN2O5. The Morgan fingerprint density at radius 3 is 2.61 bits per heavy atom. The number of carboxylic acids is 1. The van der Waals surface area contributed by atoms with Crippen molar-refractivity contribution in [1.82, 2.24) is 4.98 Å². The number of nitrogens with one attached hydrogen (secondary N) is 1. The highest BCUT2D eigenvalue weighted by molar-refractivity contribution is 6.32. The monoisotopic (exact) mass is 464 g/mol. The molecular weight excluding hydrogens is 444 g/mol. The van der Waals surface area contributed by atoms with Crippen molar-refractivity contribution in [2.24, 2.45) is 0 Å². The third-order valence-corrected chi connectivity index (χ3v) is 6.05. The van der Waals surface area contributed by atoms with Crippen LogP contribution in [0.2, 0.25) is 5.02 Å². The number of fused-ring (bicyclic) bond motifs is 1. The molecule has 2 heterocycles. The first-order valence-electron chi connectivity index (χ1n) is 10.7. The standard InChI is InChI=1S/C25H21ClN2O5/c26-19-12-18-17(25(30)31)10-11-32-21(18)13-22(19)33-16-8-6-15(7-9-16)24(29)28-23-3-1-2-20(27-23)14-4-5-14/h1-3,6-9,12-14,17H,4-5,10-11H2,(H,30,31)(H,27,28,29). The zero-order valence-electron chi connectivity index (χ0n) is 17.6. The predicted molar refractivity (Wildman–Crippen MR) is 123 cm³/mol. The molecule has 7 nitrogen and oxygen atoms in total. The normalized spacial score (nSPS) is 16.9. The quantitative estimate of drug-likeness (QED) is 0.492. The van der Waals surface area contributed by atoms with Gasteiger partial charge in [-0.1, -0.05) is 17.7 Å². The summed E-state index contributed by atoms with van der Waals surface area (Å²) in [5.74, 6) is 0.490. The first kappa shape index (κ1) is 21.3. The van der Waals surface area contributed by atoms with E-state index in [1.165, 1.54) is 0 Å². The van der Waals surface area contributed by atoms with Crippen molar-refractivity contribution in [3.05, 3.63) is 76.4 Å². The average Bonchev–Trinajstić information content (AvgIpc) is 3.65. The molecule has 1 atom stereocenters. The van der Waals surface area contributed by atoms with Crippen molar-refractivity contribution in [1.29, 1.82) is 0 Å². The molecule has 2 aromatic carbocycles. The van der Waals surface area contributed by atoms with Crippen molar-refractivity contribution in [3.8, 4) is 17.2 Å². The SMILES string of the molecule is O=C(Nc1cccc(C2CC2)n1)c1ccc(Oc2cc3c(cc2Cl)C(C(=O)O)CCO3)cc1. The number of pyridine rings is 1. The number of hydrogen-bond acceptors (Lipinski definition) is 5. The molecule has 33 heavy (non-hydrogen) atoms. The summed E-state index contributed by atoms with van der Waals surface area (Å²) in [5, 5.41) is 12.5. The highest BCUT2D eigenvalue weighted by Crippen LogP contribution is 2.42. The molecule has 0 saturated heterocycles. The minimum absolute atomic E-state index is 0.262. The number of nitrogens with zero attached hydrogens (tertiary/aromatic N) is 1. The van der Waals surface area contributed by atoms with Gasteiger partial charge in [0.05, 0.1) is 17.5 Å². The Morgan fingerprint density at radius 2 is 1.88 bits per heavy atom. The summed E-state index contributed by atoms with van der Waals surface area (Å²) in [6.45, 7) is 0.313. The van der Waals surface area contributed by atoms with Crippen LogP contribution in [-0.2, 0) is 4.79 Å². The van der Waals surface area contributed by atoms with Gasteiger partial charge in [0, 0.05) is 28.8 Å². The maximum absolute atomic E-state index is 12.6. The molecule has 5 rings (SSSR count). The average molecular weight is 465 g/mol. The summed E-state index contributed by atoms with van der Waals surface area (Å²) in [5.41, 5.74) is 2.01. The molecule has 2 N–H and O–H groups in total. The van der Waals surface area contributed by atoms with Gasteiger partial charge in [-0.05, 0) is 61.7 Å². The van der Waals surface area contributed by atoms with Crippen LogP contribution in [0.4, 0.5) is 5.82 Å². The third-order valence-electron chi connectivity index (χ3n) is 5.75. The van der Waals surface area contributed by atoms with Gasteiger partial charge < -0.3 is 19.9 Å². The lowest BCUT2D eigenvalue weighted by atomic mass is 9.93. The molecule has 0 radical (unpaired) electrons. The van der Waals surface area contributed by atoms with Crippen molar-refractivity contribution < 1.29 is 24.2 Å². The van der Waals surface area contributed by atoms with Gasteiger partial charge >= 0.3 is 5.97 Å². The van der Waals surface area contributed by atoms with Crippen LogP contribution in [0.5, 0.6) is 17.2 Å². The third kappa shape index (κ3) is 4.64. The Kier molecular flexibility index (Phi) is 5.64. The Hall–Kier alpha value is -3.58. The molecule has 1 aromatic heterocycles. The number of carbonyl (C=O) groups is 2. The van der Waals surface area contributed by atoms with Gasteiger partial charge in [0.15, 0.2) is 0 Å². The van der Waals surface area contributed by atoms with E-state index in [0.717, 1.165) is 18.5 Å². The number of amides is 1. The first-order valence-corrected chi connectivity index (χ1v) is 11.1. The van der Waals surface area contributed by atoms with Crippen LogP contribution in [-0.4, -0.2) is 28.6 Å². The van der Waals surface area contributed by atoms with Crippen LogP contribution in [0.15, 0.2) is 54.6 Å². The summed E-state index contributed by atoms with van der Waals surface area (Å²) >= 11 is 6.35. The van der Waals surface area contributed by atoms with Crippen molar-refractivity contribution in [3.63, 3.8) is 0 Å². The van der Waals surface area contributed by atoms with Crippen LogP contribution in [0.3, 0.4) is 0 Å². The lowest BCUT2D eigenvalue weighted by Crippen LogP contribution is -2.20. The molecule has 0 spiro atoms. The van der Waals surface area contributed by atoms with E-state index in [2.05, 4.69) is 10.3 Å². The van der Waals surface area contributed by atoms with Gasteiger partial charge in [0.25, 0.3) is 5.91 Å². The number of ether oxygens (including phenoxy) is 2. The van der Waals surface area contributed by atoms with E-state index in [-0.39, 0.29) is 10.9 Å². The minimum atomic E-state index is -0.910. The number of halogens is 1. The van der Waals surface area contributed by atoms with Crippen molar-refractivity contribution >= 4 is 29.3 Å². The number of carbonyl (C=O) groups excluding carboxylic acids is 1. The maximum atomic E-state index is 12.6. The fraction of sp³-hybridized carbons (Fsp3) is 0.240. The number of aliphatic carboxylic acids is 1. The molecule has 3 aromatic rings. The number of carboxylic acid groups (broad SMARTS) is 1. The van der Waals surface area contributed by atoms with E-state index < -0.39 is 11.9 Å². The van der Waals surface area contributed by atoms with Crippen LogP contribution in [0.1, 0.15) is 52.7 Å². The Morgan fingerprint density at radius 1 is 1.09 bits per heavy atom. The van der Waals surface area contributed by atoms with Crippen LogP contribution >= 0.6 is 11.6 Å². The van der Waals surface area contributed by atoms with Crippen LogP contribution in [0.25, 0.3) is 0 Å². The molecule has 1 fully saturated rings. The maximum Gasteiger partial charge on any atom is 0.311 e. The molecule has 1 aliphatic heterocycles. The Labute approximate surface area is 195 Å². The summed E-state index contributed by atoms with van der Waals surface area (Å²) in [6, 6.07) is 15.5. The van der Waals surface area contributed by atoms with E-state index in [4.69, 9.17) is 21.1 Å². The number of aromatic nitrogens is 1. The molecule has 1 unspecified atom stereocenters. The van der Waals surface area contributed by atoms with Crippen LogP contribution < -0.4 is 14.8 Å². The van der Waals surface area contributed by atoms with Gasteiger partial charge in [-0.25, -0.2) is 4.98 Å². The molecule has 168 valence electrons. The number of anilines is 1. The number of benzene rings is 2. The lowest BCUT2D eigenvalue weighted by Gasteiger charge is -2.24. The summed E-state index contributed by atoms with van der Waals surface area (Å²) in [6.07, 6.45) is 2.68. The van der Waals surface area contributed by atoms with Crippen LogP contribution in [0, 0.1) is 0 Å². The predicted octanol–water partition coefficient (Wildman–Crippen LogP) is 5.61. The minimum Gasteiger partial charge on any atom is -0.493 e. The number of hydrogen-bond donors (Lipinski definition) is 2. The highest BCUT2D eigenvalue weighted by atomic mass is 35.5. The Balaban J connectivity index is 1.28. The first-order chi connectivity index (χ1) is 16.0. The Bertz CT molecular complexity index is 1220. The van der Waals surface area contributed by atoms with Gasteiger partial charge in [0.1, 0.15) is 23.1 Å². The highest BCUT2D eigenvalue weighted by Gasteiger charge is 2.29. The van der Waals surface area contributed by atoms with E-state index in [9.17, 15) is 14.7 Å². The van der Waals surface area contributed by atoms with Crippen molar-refractivity contribution in [2.45, 2.75) is 31.1 Å². The molecule has 8 heteroatoms. The van der Waals surface area contributed by atoms with Gasteiger partial charge in [0.2, 0.25) is 0 Å². The second-order valence-corrected chi connectivity index (χ2v) is 8.56. The fourth-order valence-corrected chi connectivity index (χ4v) is 4.05. The summed E-state index contributed by atoms with van der Waals surface area (Å²) in [4.78, 5) is 28.6. The molecule has 2 aliphatic rings. The van der Waals surface area contributed by atoms with E-state index in [0.29, 0.717) is 53.1 Å². The summed E-state index contributed by atoms with van der Waals surface area (Å²) in [7, 11) is 0. The topological polar surface area (TPSA) is 97.8 Å². The van der Waals surface area contributed by atoms with Gasteiger partial charge in [-0.2, -0.15) is 0 Å². The zero-order valence-corrected chi connectivity index (χ0v) is 18.3. The van der Waals surface area contributed by atoms with Crippen molar-refractivity contribution in [2.75, 3.05) is 11.9 Å². The molecule has 1 amide bonds. The number of rotatable bonds is 6. The smallest absolute Gasteiger partial charge is 0.311 e. The fourth-order valence-electron chi connectivity index (χ4n) is 3.84. The largest absolute Gasteiger partial charge is 0.493 e. The molecule has 1 aliphatic carbocycles. The second kappa shape index (κ2) is 8.75. The zero-order chi connectivity index (χ0) is 22.9. The lowest BCUT2D eigenvalue weighted by molar-refractivity contribution is -0.139. The second-order valence-electron chi connectivity index (χ2n) is 8.15. The van der Waals surface area contributed by atoms with E-state index in [1.807, 2.05) is 12.1 Å². The van der Waals surface area contributed by atoms with Gasteiger partial charge in [-0.15, -0.1) is 0 Å². The van der Waals surface area contributed by atoms with E-state index >= 15 is 0 Å². The molecule has 0 bridgehead atoms.